The maximum atomic E-state index is 12.2. The van der Waals surface area contributed by atoms with Crippen molar-refractivity contribution in [2.24, 2.45) is 0 Å². The van der Waals surface area contributed by atoms with Gasteiger partial charge in [-0.15, -0.1) is 0 Å². The van der Waals surface area contributed by atoms with E-state index in [2.05, 4.69) is 16.0 Å². The van der Waals surface area contributed by atoms with Crippen molar-refractivity contribution in [3.05, 3.63) is 65.7 Å². The number of carbonyl (C=O) groups is 4. The summed E-state index contributed by atoms with van der Waals surface area (Å²) in [6.45, 7) is 0.0582. The average Bonchev–Trinajstić information content (AvgIpc) is 3.03. The summed E-state index contributed by atoms with van der Waals surface area (Å²) in [7, 11) is 0. The average molecular weight is 381 g/mol. The molecule has 1 saturated heterocycles. The van der Waals surface area contributed by atoms with E-state index in [1.807, 2.05) is 18.2 Å². The van der Waals surface area contributed by atoms with Crippen LogP contribution in [0.4, 0.5) is 10.5 Å². The van der Waals surface area contributed by atoms with Gasteiger partial charge in [-0.3, -0.25) is 19.7 Å². The van der Waals surface area contributed by atoms with Crippen molar-refractivity contribution in [1.82, 2.24) is 10.6 Å². The standard InChI is InChI=1S/C20H19N3O5/c24-17(11-10-16-19(26)23-20(27)22-16)28-12-13-6-8-14(9-7-13)18(25)21-15-4-2-1-3-5-15/h1-9,16H,10-12H2,(H,21,25)(H2,22,23,26,27). The summed E-state index contributed by atoms with van der Waals surface area (Å²) in [4.78, 5) is 46.4. The summed E-state index contributed by atoms with van der Waals surface area (Å²) in [5.41, 5.74) is 1.93. The lowest BCUT2D eigenvalue weighted by molar-refractivity contribution is -0.145. The molecule has 1 unspecified atom stereocenters. The number of urea groups is 1. The van der Waals surface area contributed by atoms with Crippen LogP contribution in [0.25, 0.3) is 0 Å². The van der Waals surface area contributed by atoms with Crippen LogP contribution >= 0.6 is 0 Å². The van der Waals surface area contributed by atoms with Gasteiger partial charge in [-0.25, -0.2) is 4.79 Å². The number of anilines is 1. The van der Waals surface area contributed by atoms with Crippen LogP contribution in [0.1, 0.15) is 28.8 Å². The molecule has 1 atom stereocenters. The van der Waals surface area contributed by atoms with E-state index in [1.54, 1.807) is 36.4 Å². The van der Waals surface area contributed by atoms with Gasteiger partial charge in [-0.1, -0.05) is 30.3 Å². The first-order valence-corrected chi connectivity index (χ1v) is 8.73. The van der Waals surface area contributed by atoms with Crippen molar-refractivity contribution in [2.75, 3.05) is 5.32 Å². The van der Waals surface area contributed by atoms with Gasteiger partial charge in [0.05, 0.1) is 0 Å². The smallest absolute Gasteiger partial charge is 0.322 e. The minimum atomic E-state index is -0.706. The van der Waals surface area contributed by atoms with Crippen LogP contribution < -0.4 is 16.0 Å². The summed E-state index contributed by atoms with van der Waals surface area (Å²) in [5, 5.41) is 7.32. The van der Waals surface area contributed by atoms with Gasteiger partial charge in [-0.05, 0) is 36.2 Å². The van der Waals surface area contributed by atoms with Crippen molar-refractivity contribution in [1.29, 1.82) is 0 Å². The van der Waals surface area contributed by atoms with Crippen LogP contribution in [-0.4, -0.2) is 29.9 Å². The molecule has 1 aliphatic rings. The summed E-state index contributed by atoms with van der Waals surface area (Å²) >= 11 is 0. The lowest BCUT2D eigenvalue weighted by atomic mass is 10.1. The van der Waals surface area contributed by atoms with E-state index in [-0.39, 0.29) is 25.4 Å². The van der Waals surface area contributed by atoms with Crippen LogP contribution in [0.5, 0.6) is 0 Å². The molecule has 4 amide bonds. The highest BCUT2D eigenvalue weighted by Crippen LogP contribution is 2.11. The van der Waals surface area contributed by atoms with E-state index in [0.29, 0.717) is 11.3 Å². The maximum absolute atomic E-state index is 12.2. The molecule has 0 bridgehead atoms. The summed E-state index contributed by atoms with van der Waals surface area (Å²) in [6, 6.07) is 14.6. The zero-order valence-electron chi connectivity index (χ0n) is 14.9. The first-order valence-electron chi connectivity index (χ1n) is 8.73. The van der Waals surface area contributed by atoms with Gasteiger partial charge in [0, 0.05) is 17.7 Å². The lowest BCUT2D eigenvalue weighted by Crippen LogP contribution is -2.29. The van der Waals surface area contributed by atoms with Gasteiger partial charge in [0.1, 0.15) is 12.6 Å². The molecule has 3 rings (SSSR count). The number of nitrogens with one attached hydrogen (secondary N) is 3. The normalized spacial score (nSPS) is 15.5. The van der Waals surface area contributed by atoms with Crippen LogP contribution in [0.3, 0.4) is 0 Å². The van der Waals surface area contributed by atoms with Gasteiger partial charge in [0.2, 0.25) is 0 Å². The summed E-state index contributed by atoms with van der Waals surface area (Å²) in [6.07, 6.45) is 0.185. The molecule has 1 aliphatic heterocycles. The van der Waals surface area contributed by atoms with Gasteiger partial charge in [-0.2, -0.15) is 0 Å². The van der Waals surface area contributed by atoms with Crippen LogP contribution in [0, 0.1) is 0 Å². The fourth-order valence-corrected chi connectivity index (χ4v) is 2.64. The van der Waals surface area contributed by atoms with Crippen molar-refractivity contribution < 1.29 is 23.9 Å². The van der Waals surface area contributed by atoms with E-state index in [9.17, 15) is 19.2 Å². The zero-order valence-corrected chi connectivity index (χ0v) is 14.9. The molecule has 8 nitrogen and oxygen atoms in total. The van der Waals surface area contributed by atoms with Gasteiger partial charge < -0.3 is 15.4 Å². The predicted octanol–water partition coefficient (Wildman–Crippen LogP) is 1.97. The molecule has 0 aliphatic carbocycles. The number of esters is 1. The molecule has 2 aromatic carbocycles. The quantitative estimate of drug-likeness (QED) is 0.501. The number of ether oxygens (including phenoxy) is 1. The Balaban J connectivity index is 1.44. The van der Waals surface area contributed by atoms with Crippen LogP contribution in [0.15, 0.2) is 54.6 Å². The highest BCUT2D eigenvalue weighted by Gasteiger charge is 2.29. The van der Waals surface area contributed by atoms with Crippen molar-refractivity contribution in [3.63, 3.8) is 0 Å². The summed E-state index contributed by atoms with van der Waals surface area (Å²) < 4.78 is 5.16. The van der Waals surface area contributed by atoms with Crippen LogP contribution in [-0.2, 0) is 20.9 Å². The fraction of sp³-hybridized carbons (Fsp3) is 0.200. The Morgan fingerprint density at radius 2 is 1.71 bits per heavy atom. The largest absolute Gasteiger partial charge is 0.461 e. The Morgan fingerprint density at radius 1 is 1.00 bits per heavy atom. The zero-order chi connectivity index (χ0) is 19.9. The molecule has 2 aromatic rings. The molecule has 1 fully saturated rings. The Labute approximate surface area is 161 Å². The van der Waals surface area contributed by atoms with Crippen LogP contribution in [0.2, 0.25) is 0 Å². The molecule has 0 spiro atoms. The number of hydrogen-bond acceptors (Lipinski definition) is 5. The number of para-hydroxylation sites is 1. The third kappa shape index (κ3) is 5.16. The number of imide groups is 1. The van der Waals surface area contributed by atoms with Gasteiger partial charge in [0.25, 0.3) is 11.8 Å². The number of hydrogen-bond donors (Lipinski definition) is 3. The van der Waals surface area contributed by atoms with E-state index in [0.717, 1.165) is 5.56 Å². The SMILES string of the molecule is O=C1NC(=O)C(CCC(=O)OCc2ccc(C(=O)Nc3ccccc3)cc2)N1. The predicted molar refractivity (Wildman–Crippen MR) is 100 cm³/mol. The lowest BCUT2D eigenvalue weighted by Gasteiger charge is -2.08. The number of amides is 4. The molecular formula is C20H19N3O5. The number of carbonyl (C=O) groups excluding carboxylic acids is 4. The third-order valence-electron chi connectivity index (χ3n) is 4.14. The second kappa shape index (κ2) is 8.81. The first-order chi connectivity index (χ1) is 13.5. The second-order valence-electron chi connectivity index (χ2n) is 6.23. The highest BCUT2D eigenvalue weighted by atomic mass is 16.5. The first kappa shape index (κ1) is 19.1. The molecule has 8 heteroatoms. The molecule has 144 valence electrons. The summed E-state index contributed by atoms with van der Waals surface area (Å²) in [5.74, 6) is -1.14. The monoisotopic (exact) mass is 381 g/mol. The Bertz CT molecular complexity index is 880. The molecule has 1 heterocycles. The van der Waals surface area contributed by atoms with Crippen molar-refractivity contribution >= 4 is 29.5 Å². The molecule has 28 heavy (non-hydrogen) atoms. The number of benzene rings is 2. The third-order valence-corrected chi connectivity index (χ3v) is 4.14. The Kier molecular flexibility index (Phi) is 6.01. The van der Waals surface area contributed by atoms with Gasteiger partial charge in [0.15, 0.2) is 0 Å². The second-order valence-corrected chi connectivity index (χ2v) is 6.23. The molecule has 0 saturated carbocycles. The highest BCUT2D eigenvalue weighted by molar-refractivity contribution is 6.04. The number of rotatable bonds is 7. The van der Waals surface area contributed by atoms with Gasteiger partial charge >= 0.3 is 12.0 Å². The molecule has 3 N–H and O–H groups in total. The van der Waals surface area contributed by atoms with E-state index in [1.165, 1.54) is 0 Å². The Morgan fingerprint density at radius 3 is 2.36 bits per heavy atom. The minimum absolute atomic E-state index is 0.00985. The molecule has 0 radical (unpaired) electrons. The maximum Gasteiger partial charge on any atom is 0.322 e. The van der Waals surface area contributed by atoms with E-state index in [4.69, 9.17) is 4.74 Å². The van der Waals surface area contributed by atoms with Crippen molar-refractivity contribution in [2.45, 2.75) is 25.5 Å². The molecular weight excluding hydrogens is 362 g/mol. The fourth-order valence-electron chi connectivity index (χ4n) is 2.64. The van der Waals surface area contributed by atoms with E-state index >= 15 is 0 Å². The Hall–Kier alpha value is -3.68. The topological polar surface area (TPSA) is 114 Å². The minimum Gasteiger partial charge on any atom is -0.461 e. The van der Waals surface area contributed by atoms with Crippen molar-refractivity contribution in [3.8, 4) is 0 Å². The van der Waals surface area contributed by atoms with E-state index < -0.39 is 23.9 Å². The molecule has 0 aromatic heterocycles.